The summed E-state index contributed by atoms with van der Waals surface area (Å²) in [5.41, 5.74) is 3.45. The summed E-state index contributed by atoms with van der Waals surface area (Å²) in [6, 6.07) is 18.8. The Morgan fingerprint density at radius 1 is 0.969 bits per heavy atom. The maximum absolute atomic E-state index is 13.2. The molecule has 1 amide bonds. The number of carbonyl (C=O) groups excluding carboxylic acids is 1. The number of rotatable bonds is 4. The number of carbonyl (C=O) groups is 1. The van der Waals surface area contributed by atoms with Crippen LogP contribution in [0.2, 0.25) is 0 Å². The van der Waals surface area contributed by atoms with Crippen LogP contribution < -0.4 is 19.7 Å². The average Bonchev–Trinajstić information content (AvgIpc) is 2.83. The van der Waals surface area contributed by atoms with Crippen molar-refractivity contribution in [3.05, 3.63) is 72.4 Å². The van der Waals surface area contributed by atoms with Crippen LogP contribution in [0.5, 0.6) is 11.5 Å². The SMILES string of the molecule is CN(C)c1ccc(NC(=O)c2cc(-c3ccc4c(c3)OCCO4)nc3ccccc23)cn1. The molecule has 32 heavy (non-hydrogen) atoms. The Morgan fingerprint density at radius 3 is 2.56 bits per heavy atom. The summed E-state index contributed by atoms with van der Waals surface area (Å²) in [4.78, 5) is 24.3. The fraction of sp³-hybridized carbons (Fsp3) is 0.160. The number of nitrogens with one attached hydrogen (secondary N) is 1. The normalized spacial score (nSPS) is 12.4. The highest BCUT2D eigenvalue weighted by molar-refractivity contribution is 6.13. The van der Waals surface area contributed by atoms with E-state index in [4.69, 9.17) is 14.5 Å². The van der Waals surface area contributed by atoms with E-state index in [0.29, 0.717) is 41.7 Å². The van der Waals surface area contributed by atoms with Crippen molar-refractivity contribution >= 4 is 28.3 Å². The molecule has 0 saturated carbocycles. The first-order chi connectivity index (χ1) is 15.6. The molecule has 0 atom stereocenters. The summed E-state index contributed by atoms with van der Waals surface area (Å²) in [7, 11) is 3.84. The van der Waals surface area contributed by atoms with Crippen LogP contribution in [0, 0.1) is 0 Å². The Bertz CT molecular complexity index is 1300. The van der Waals surface area contributed by atoms with Gasteiger partial charge in [0.2, 0.25) is 0 Å². The van der Waals surface area contributed by atoms with E-state index in [9.17, 15) is 4.79 Å². The average molecular weight is 426 g/mol. The first-order valence-corrected chi connectivity index (χ1v) is 10.3. The van der Waals surface area contributed by atoms with Gasteiger partial charge >= 0.3 is 0 Å². The standard InChI is InChI=1S/C25H22N4O3/c1-29(2)24-10-8-17(15-26-24)27-25(30)19-14-21(28-20-6-4-3-5-18(19)20)16-7-9-22-23(13-16)32-12-11-31-22/h3-10,13-15H,11-12H2,1-2H3,(H,27,30). The molecule has 0 spiro atoms. The van der Waals surface area contributed by atoms with Gasteiger partial charge in [-0.3, -0.25) is 4.79 Å². The van der Waals surface area contributed by atoms with Gasteiger partial charge < -0.3 is 19.7 Å². The summed E-state index contributed by atoms with van der Waals surface area (Å²) in [5, 5.41) is 3.73. The lowest BCUT2D eigenvalue weighted by atomic mass is 10.0. The Balaban J connectivity index is 1.53. The fourth-order valence-corrected chi connectivity index (χ4v) is 3.64. The molecule has 4 aromatic rings. The lowest BCUT2D eigenvalue weighted by Gasteiger charge is -2.19. The Hall–Kier alpha value is -4.13. The molecule has 0 unspecified atom stereocenters. The number of fused-ring (bicyclic) bond motifs is 2. The number of hydrogen-bond acceptors (Lipinski definition) is 6. The van der Waals surface area contributed by atoms with E-state index >= 15 is 0 Å². The number of benzene rings is 2. The van der Waals surface area contributed by atoms with Gasteiger partial charge in [-0.15, -0.1) is 0 Å². The second kappa shape index (κ2) is 8.19. The largest absolute Gasteiger partial charge is 0.486 e. The monoisotopic (exact) mass is 426 g/mol. The number of pyridine rings is 2. The fourth-order valence-electron chi connectivity index (χ4n) is 3.64. The molecular weight excluding hydrogens is 404 g/mol. The zero-order valence-electron chi connectivity index (χ0n) is 17.8. The first kappa shape index (κ1) is 19.8. The lowest BCUT2D eigenvalue weighted by molar-refractivity contribution is 0.102. The highest BCUT2D eigenvalue weighted by Gasteiger charge is 2.17. The zero-order valence-corrected chi connectivity index (χ0v) is 17.8. The molecule has 2 aromatic carbocycles. The van der Waals surface area contributed by atoms with Gasteiger partial charge in [-0.2, -0.15) is 0 Å². The molecule has 0 saturated heterocycles. The lowest BCUT2D eigenvalue weighted by Crippen LogP contribution is -2.15. The summed E-state index contributed by atoms with van der Waals surface area (Å²) in [6.07, 6.45) is 1.65. The molecule has 3 heterocycles. The number of nitrogens with zero attached hydrogens (tertiary/aromatic N) is 3. The highest BCUT2D eigenvalue weighted by Crippen LogP contribution is 2.35. The number of para-hydroxylation sites is 1. The Labute approximate surface area is 185 Å². The van der Waals surface area contributed by atoms with Crippen molar-refractivity contribution in [2.75, 3.05) is 37.5 Å². The van der Waals surface area contributed by atoms with Crippen molar-refractivity contribution in [1.29, 1.82) is 0 Å². The topological polar surface area (TPSA) is 76.6 Å². The van der Waals surface area contributed by atoms with Crippen molar-refractivity contribution in [3.8, 4) is 22.8 Å². The maximum Gasteiger partial charge on any atom is 0.256 e. The molecule has 0 radical (unpaired) electrons. The molecule has 2 aromatic heterocycles. The van der Waals surface area contributed by atoms with Gasteiger partial charge in [0, 0.05) is 25.0 Å². The van der Waals surface area contributed by atoms with Crippen LogP contribution >= 0.6 is 0 Å². The number of hydrogen-bond donors (Lipinski definition) is 1. The van der Waals surface area contributed by atoms with Crippen LogP contribution in [0.1, 0.15) is 10.4 Å². The predicted octanol–water partition coefficient (Wildman–Crippen LogP) is 4.39. The summed E-state index contributed by atoms with van der Waals surface area (Å²) < 4.78 is 11.3. The van der Waals surface area contributed by atoms with Gasteiger partial charge in [0.25, 0.3) is 5.91 Å². The third-order valence-electron chi connectivity index (χ3n) is 5.26. The molecule has 7 nitrogen and oxygen atoms in total. The van der Waals surface area contributed by atoms with E-state index in [1.165, 1.54) is 0 Å². The molecule has 7 heteroatoms. The quantitative estimate of drug-likeness (QED) is 0.522. The van der Waals surface area contributed by atoms with E-state index in [0.717, 1.165) is 22.3 Å². The van der Waals surface area contributed by atoms with Gasteiger partial charge in [0.05, 0.1) is 28.7 Å². The minimum Gasteiger partial charge on any atom is -0.486 e. The maximum atomic E-state index is 13.2. The molecule has 0 bridgehead atoms. The molecule has 1 aliphatic heterocycles. The number of aromatic nitrogens is 2. The van der Waals surface area contributed by atoms with Gasteiger partial charge in [0.15, 0.2) is 11.5 Å². The first-order valence-electron chi connectivity index (χ1n) is 10.3. The van der Waals surface area contributed by atoms with Crippen LogP contribution in [0.4, 0.5) is 11.5 Å². The van der Waals surface area contributed by atoms with Crippen LogP contribution in [0.15, 0.2) is 66.9 Å². The van der Waals surface area contributed by atoms with Gasteiger partial charge in [-0.05, 0) is 42.5 Å². The van der Waals surface area contributed by atoms with Crippen molar-refractivity contribution in [3.63, 3.8) is 0 Å². The second-order valence-corrected chi connectivity index (χ2v) is 7.68. The van der Waals surface area contributed by atoms with Gasteiger partial charge in [-0.25, -0.2) is 9.97 Å². The van der Waals surface area contributed by atoms with E-state index < -0.39 is 0 Å². The van der Waals surface area contributed by atoms with Gasteiger partial charge in [0.1, 0.15) is 19.0 Å². The van der Waals surface area contributed by atoms with Gasteiger partial charge in [-0.1, -0.05) is 18.2 Å². The predicted molar refractivity (Wildman–Crippen MR) is 125 cm³/mol. The van der Waals surface area contributed by atoms with E-state index in [1.54, 1.807) is 6.20 Å². The minimum absolute atomic E-state index is 0.221. The third-order valence-corrected chi connectivity index (χ3v) is 5.26. The van der Waals surface area contributed by atoms with E-state index in [1.807, 2.05) is 79.7 Å². The third kappa shape index (κ3) is 3.80. The number of ether oxygens (including phenoxy) is 2. The highest BCUT2D eigenvalue weighted by atomic mass is 16.6. The second-order valence-electron chi connectivity index (χ2n) is 7.68. The van der Waals surface area contributed by atoms with Crippen LogP contribution in [0.3, 0.4) is 0 Å². The van der Waals surface area contributed by atoms with Crippen molar-refractivity contribution in [2.24, 2.45) is 0 Å². The van der Waals surface area contributed by atoms with Crippen LogP contribution in [0.25, 0.3) is 22.2 Å². The molecular formula is C25H22N4O3. The summed E-state index contributed by atoms with van der Waals surface area (Å²) in [5.74, 6) is 1.99. The molecule has 5 rings (SSSR count). The Kier molecular flexibility index (Phi) is 5.07. The molecule has 1 N–H and O–H groups in total. The van der Waals surface area contributed by atoms with Crippen molar-refractivity contribution in [1.82, 2.24) is 9.97 Å². The van der Waals surface area contributed by atoms with Crippen LogP contribution in [-0.4, -0.2) is 43.2 Å². The minimum atomic E-state index is -0.221. The van der Waals surface area contributed by atoms with Crippen molar-refractivity contribution < 1.29 is 14.3 Å². The van der Waals surface area contributed by atoms with E-state index in [2.05, 4.69) is 10.3 Å². The molecule has 0 fully saturated rings. The smallest absolute Gasteiger partial charge is 0.256 e. The number of anilines is 2. The number of amides is 1. The Morgan fingerprint density at radius 2 is 1.78 bits per heavy atom. The van der Waals surface area contributed by atoms with E-state index in [-0.39, 0.29) is 5.91 Å². The molecule has 0 aliphatic carbocycles. The van der Waals surface area contributed by atoms with Crippen molar-refractivity contribution in [2.45, 2.75) is 0 Å². The molecule has 160 valence electrons. The zero-order chi connectivity index (χ0) is 22.1. The molecule has 1 aliphatic rings. The van der Waals surface area contributed by atoms with Crippen LogP contribution in [-0.2, 0) is 0 Å². The summed E-state index contributed by atoms with van der Waals surface area (Å²) in [6.45, 7) is 1.05. The summed E-state index contributed by atoms with van der Waals surface area (Å²) >= 11 is 0.